The third-order valence-electron chi connectivity index (χ3n) is 3.84. The lowest BCUT2D eigenvalue weighted by Gasteiger charge is -2.32. The second kappa shape index (κ2) is 6.79. The summed E-state index contributed by atoms with van der Waals surface area (Å²) < 4.78 is 0. The molecule has 0 bridgehead atoms. The lowest BCUT2D eigenvalue weighted by atomic mass is 9.82. The van der Waals surface area contributed by atoms with Crippen LogP contribution in [0.4, 0.5) is 0 Å². The van der Waals surface area contributed by atoms with Gasteiger partial charge in [-0.1, -0.05) is 29.3 Å². The smallest absolute Gasteiger partial charge is 0.227 e. The van der Waals surface area contributed by atoms with Crippen molar-refractivity contribution in [1.29, 1.82) is 0 Å². The Bertz CT molecular complexity index is 485. The standard InChI is InChI=1S/C15H20Cl2N2O/c1-15(6-2-7-18-10-15)14(20)19-8-5-11-3-4-12(16)9-13(11)17/h3-4,9,18H,2,5-8,10H2,1H3,(H,19,20). The van der Waals surface area contributed by atoms with Crippen molar-refractivity contribution < 1.29 is 4.79 Å². The van der Waals surface area contributed by atoms with Gasteiger partial charge in [0, 0.05) is 23.1 Å². The van der Waals surface area contributed by atoms with Crippen molar-refractivity contribution in [3.05, 3.63) is 33.8 Å². The summed E-state index contributed by atoms with van der Waals surface area (Å²) in [6.45, 7) is 4.36. The van der Waals surface area contributed by atoms with E-state index in [1.54, 1.807) is 6.07 Å². The number of rotatable bonds is 4. The average molecular weight is 315 g/mol. The van der Waals surface area contributed by atoms with E-state index in [1.165, 1.54) is 0 Å². The number of halogens is 2. The topological polar surface area (TPSA) is 41.1 Å². The molecule has 1 saturated heterocycles. The second-order valence-electron chi connectivity index (χ2n) is 5.58. The van der Waals surface area contributed by atoms with E-state index in [0.717, 1.165) is 31.5 Å². The quantitative estimate of drug-likeness (QED) is 0.897. The maximum absolute atomic E-state index is 12.2. The first-order valence-corrected chi connectivity index (χ1v) is 7.70. The minimum Gasteiger partial charge on any atom is -0.355 e. The fraction of sp³-hybridized carbons (Fsp3) is 0.533. The third-order valence-corrected chi connectivity index (χ3v) is 4.43. The molecule has 5 heteroatoms. The number of hydrogen-bond donors (Lipinski definition) is 2. The lowest BCUT2D eigenvalue weighted by molar-refractivity contribution is -0.131. The molecule has 0 radical (unpaired) electrons. The van der Waals surface area contributed by atoms with Gasteiger partial charge >= 0.3 is 0 Å². The highest BCUT2D eigenvalue weighted by atomic mass is 35.5. The van der Waals surface area contributed by atoms with E-state index in [-0.39, 0.29) is 11.3 Å². The van der Waals surface area contributed by atoms with Gasteiger partial charge in [-0.25, -0.2) is 0 Å². The van der Waals surface area contributed by atoms with Crippen LogP contribution in [0.25, 0.3) is 0 Å². The van der Waals surface area contributed by atoms with Crippen LogP contribution in [0, 0.1) is 5.41 Å². The zero-order chi connectivity index (χ0) is 14.6. The minimum absolute atomic E-state index is 0.120. The van der Waals surface area contributed by atoms with E-state index in [9.17, 15) is 4.79 Å². The van der Waals surface area contributed by atoms with Gasteiger partial charge in [-0.3, -0.25) is 4.79 Å². The van der Waals surface area contributed by atoms with Gasteiger partial charge in [0.2, 0.25) is 5.91 Å². The Balaban J connectivity index is 1.84. The van der Waals surface area contributed by atoms with Crippen LogP contribution in [-0.4, -0.2) is 25.5 Å². The van der Waals surface area contributed by atoms with E-state index >= 15 is 0 Å². The molecule has 0 saturated carbocycles. The summed E-state index contributed by atoms with van der Waals surface area (Å²) in [6, 6.07) is 5.45. The lowest BCUT2D eigenvalue weighted by Crippen LogP contribution is -2.49. The molecular weight excluding hydrogens is 295 g/mol. The summed E-state index contributed by atoms with van der Waals surface area (Å²) >= 11 is 12.0. The number of carbonyl (C=O) groups excluding carboxylic acids is 1. The van der Waals surface area contributed by atoms with Gasteiger partial charge in [0.15, 0.2) is 0 Å². The molecule has 1 aromatic rings. The summed E-state index contributed by atoms with van der Waals surface area (Å²) in [7, 11) is 0. The van der Waals surface area contributed by atoms with Crippen LogP contribution in [0.15, 0.2) is 18.2 Å². The molecule has 1 heterocycles. The summed E-state index contributed by atoms with van der Waals surface area (Å²) in [5.41, 5.74) is 0.713. The Kier molecular flexibility index (Phi) is 5.30. The summed E-state index contributed by atoms with van der Waals surface area (Å²) in [4.78, 5) is 12.2. The van der Waals surface area contributed by atoms with E-state index in [2.05, 4.69) is 10.6 Å². The Labute approximate surface area is 130 Å². The van der Waals surface area contributed by atoms with Crippen molar-refractivity contribution in [1.82, 2.24) is 10.6 Å². The first kappa shape index (κ1) is 15.6. The summed E-state index contributed by atoms with van der Waals surface area (Å²) in [5, 5.41) is 7.57. The number of benzene rings is 1. The summed E-state index contributed by atoms with van der Waals surface area (Å²) in [5.74, 6) is 0.120. The highest BCUT2D eigenvalue weighted by Gasteiger charge is 2.34. The number of hydrogen-bond acceptors (Lipinski definition) is 2. The number of carbonyl (C=O) groups is 1. The molecule has 110 valence electrons. The molecule has 3 nitrogen and oxygen atoms in total. The van der Waals surface area contributed by atoms with Crippen LogP contribution in [-0.2, 0) is 11.2 Å². The molecular formula is C15H20Cl2N2O. The molecule has 1 unspecified atom stereocenters. The van der Waals surface area contributed by atoms with Crippen LogP contribution >= 0.6 is 23.2 Å². The number of amides is 1. The fourth-order valence-electron chi connectivity index (χ4n) is 2.50. The van der Waals surface area contributed by atoms with Crippen LogP contribution in [0.5, 0.6) is 0 Å². The molecule has 20 heavy (non-hydrogen) atoms. The minimum atomic E-state index is -0.290. The molecule has 0 aromatic heterocycles. The van der Waals surface area contributed by atoms with Gasteiger partial charge in [-0.15, -0.1) is 0 Å². The molecule has 2 N–H and O–H groups in total. The number of piperidine rings is 1. The first-order chi connectivity index (χ1) is 9.51. The monoisotopic (exact) mass is 314 g/mol. The molecule has 1 aromatic carbocycles. The average Bonchev–Trinajstić information content (AvgIpc) is 2.42. The predicted molar refractivity (Wildman–Crippen MR) is 83.4 cm³/mol. The maximum Gasteiger partial charge on any atom is 0.227 e. The van der Waals surface area contributed by atoms with Crippen molar-refractivity contribution in [2.24, 2.45) is 5.41 Å². The Morgan fingerprint density at radius 3 is 2.90 bits per heavy atom. The van der Waals surface area contributed by atoms with Crippen molar-refractivity contribution in [2.75, 3.05) is 19.6 Å². The zero-order valence-electron chi connectivity index (χ0n) is 11.6. The Morgan fingerprint density at radius 1 is 1.45 bits per heavy atom. The largest absolute Gasteiger partial charge is 0.355 e. The Hall–Kier alpha value is -0.770. The predicted octanol–water partition coefficient (Wildman–Crippen LogP) is 3.04. The van der Waals surface area contributed by atoms with Crippen molar-refractivity contribution >= 4 is 29.1 Å². The number of nitrogens with one attached hydrogen (secondary N) is 2. The second-order valence-corrected chi connectivity index (χ2v) is 6.43. The van der Waals surface area contributed by atoms with Crippen molar-refractivity contribution in [2.45, 2.75) is 26.2 Å². The first-order valence-electron chi connectivity index (χ1n) is 6.94. The molecule has 0 aliphatic carbocycles. The molecule has 1 amide bonds. The van der Waals surface area contributed by atoms with Gasteiger partial charge < -0.3 is 10.6 Å². The van der Waals surface area contributed by atoms with Crippen LogP contribution in [0.3, 0.4) is 0 Å². The van der Waals surface area contributed by atoms with Crippen LogP contribution in [0.1, 0.15) is 25.3 Å². The SMILES string of the molecule is CC1(C(=O)NCCc2ccc(Cl)cc2Cl)CCCNC1. The van der Waals surface area contributed by atoms with Gasteiger partial charge in [-0.2, -0.15) is 0 Å². The summed E-state index contributed by atoms with van der Waals surface area (Å²) in [6.07, 6.45) is 2.70. The molecule has 0 spiro atoms. The highest BCUT2D eigenvalue weighted by molar-refractivity contribution is 6.35. The van der Waals surface area contributed by atoms with E-state index in [4.69, 9.17) is 23.2 Å². The van der Waals surface area contributed by atoms with E-state index < -0.39 is 0 Å². The maximum atomic E-state index is 12.2. The molecule has 1 fully saturated rings. The van der Waals surface area contributed by atoms with Gasteiger partial charge in [0.1, 0.15) is 0 Å². The van der Waals surface area contributed by atoms with Crippen LogP contribution < -0.4 is 10.6 Å². The van der Waals surface area contributed by atoms with E-state index in [0.29, 0.717) is 23.0 Å². The fourth-order valence-corrected chi connectivity index (χ4v) is 3.00. The highest BCUT2D eigenvalue weighted by Crippen LogP contribution is 2.25. The van der Waals surface area contributed by atoms with Gasteiger partial charge in [0.05, 0.1) is 5.41 Å². The molecule has 1 aliphatic heterocycles. The normalized spacial score (nSPS) is 22.6. The Morgan fingerprint density at radius 2 is 2.25 bits per heavy atom. The third kappa shape index (κ3) is 3.87. The van der Waals surface area contributed by atoms with Gasteiger partial charge in [-0.05, 0) is 50.4 Å². The van der Waals surface area contributed by atoms with E-state index in [1.807, 2.05) is 19.1 Å². The zero-order valence-corrected chi connectivity index (χ0v) is 13.2. The molecule has 1 atom stereocenters. The molecule has 2 rings (SSSR count). The van der Waals surface area contributed by atoms with Crippen LogP contribution in [0.2, 0.25) is 10.0 Å². The molecule has 1 aliphatic rings. The van der Waals surface area contributed by atoms with Gasteiger partial charge in [0.25, 0.3) is 0 Å². The van der Waals surface area contributed by atoms with Crippen molar-refractivity contribution in [3.63, 3.8) is 0 Å². The van der Waals surface area contributed by atoms with Crippen molar-refractivity contribution in [3.8, 4) is 0 Å².